The van der Waals surface area contributed by atoms with E-state index in [1.54, 1.807) is 41.8 Å². The summed E-state index contributed by atoms with van der Waals surface area (Å²) in [7, 11) is 0. The van der Waals surface area contributed by atoms with Gasteiger partial charge in [-0.15, -0.1) is 0 Å². The molecular formula is C16H14N2O2. The van der Waals surface area contributed by atoms with Gasteiger partial charge in [-0.3, -0.25) is 9.36 Å². The maximum Gasteiger partial charge on any atom is 0.265 e. The minimum atomic E-state index is -0.0955. The number of nitrogens with zero attached hydrogens (tertiary/aromatic N) is 2. The second-order valence-corrected chi connectivity index (χ2v) is 4.79. The van der Waals surface area contributed by atoms with E-state index in [9.17, 15) is 9.90 Å². The second kappa shape index (κ2) is 4.49. The fourth-order valence-electron chi connectivity index (χ4n) is 2.36. The topological polar surface area (TPSA) is 55.1 Å². The molecule has 0 amide bonds. The number of phenolic OH excluding ortho intramolecular Hbond substituents is 1. The molecule has 2 aromatic carbocycles. The summed E-state index contributed by atoms with van der Waals surface area (Å²) in [6, 6.07) is 12.1. The molecule has 3 rings (SSSR count). The van der Waals surface area contributed by atoms with Gasteiger partial charge in [0.15, 0.2) is 0 Å². The lowest BCUT2D eigenvalue weighted by atomic mass is 10.1. The van der Waals surface area contributed by atoms with E-state index in [2.05, 4.69) is 4.98 Å². The summed E-state index contributed by atoms with van der Waals surface area (Å²) in [5.41, 5.74) is 2.33. The Kier molecular flexibility index (Phi) is 2.79. The van der Waals surface area contributed by atoms with Crippen LogP contribution in [0.3, 0.4) is 0 Å². The summed E-state index contributed by atoms with van der Waals surface area (Å²) in [6.45, 7) is 3.75. The second-order valence-electron chi connectivity index (χ2n) is 4.79. The lowest BCUT2D eigenvalue weighted by Gasteiger charge is -2.11. The molecule has 0 aliphatic rings. The van der Waals surface area contributed by atoms with E-state index in [4.69, 9.17) is 0 Å². The van der Waals surface area contributed by atoms with Crippen molar-refractivity contribution >= 4 is 10.9 Å². The van der Waals surface area contributed by atoms with Gasteiger partial charge in [0.25, 0.3) is 5.56 Å². The molecule has 3 aromatic rings. The van der Waals surface area contributed by atoms with Crippen molar-refractivity contribution in [2.45, 2.75) is 13.8 Å². The first-order chi connectivity index (χ1) is 9.58. The van der Waals surface area contributed by atoms with Gasteiger partial charge in [-0.05, 0) is 49.7 Å². The Labute approximate surface area is 116 Å². The van der Waals surface area contributed by atoms with Crippen molar-refractivity contribution in [2.24, 2.45) is 0 Å². The summed E-state index contributed by atoms with van der Waals surface area (Å²) < 4.78 is 1.56. The van der Waals surface area contributed by atoms with Crippen LogP contribution < -0.4 is 5.56 Å². The van der Waals surface area contributed by atoms with Gasteiger partial charge in [-0.2, -0.15) is 0 Å². The summed E-state index contributed by atoms with van der Waals surface area (Å²) in [5.74, 6) is 0.798. The SMILES string of the molecule is Cc1cccc2c(=O)n(-c3ccc(O)cc3)c(C)nc12. The lowest BCUT2D eigenvalue weighted by Crippen LogP contribution is -2.22. The third-order valence-corrected chi connectivity index (χ3v) is 3.38. The zero-order valence-corrected chi connectivity index (χ0v) is 11.3. The molecule has 0 radical (unpaired) electrons. The highest BCUT2D eigenvalue weighted by Crippen LogP contribution is 2.17. The molecule has 0 unspecified atom stereocenters. The van der Waals surface area contributed by atoms with Crippen LogP contribution in [0, 0.1) is 13.8 Å². The normalized spacial score (nSPS) is 10.9. The number of para-hydroxylation sites is 1. The molecule has 4 heteroatoms. The van der Waals surface area contributed by atoms with Gasteiger partial charge < -0.3 is 5.11 Å². The number of hydrogen-bond acceptors (Lipinski definition) is 3. The predicted molar refractivity (Wildman–Crippen MR) is 78.5 cm³/mol. The van der Waals surface area contributed by atoms with Crippen LogP contribution >= 0.6 is 0 Å². The van der Waals surface area contributed by atoms with E-state index in [1.807, 2.05) is 19.1 Å². The number of rotatable bonds is 1. The Bertz CT molecular complexity index is 849. The van der Waals surface area contributed by atoms with E-state index in [1.165, 1.54) is 0 Å². The third kappa shape index (κ3) is 1.86. The standard InChI is InChI=1S/C16H14N2O2/c1-10-4-3-5-14-15(10)17-11(2)18(16(14)20)12-6-8-13(19)9-7-12/h3-9,19H,1-2H3. The largest absolute Gasteiger partial charge is 0.508 e. The molecular weight excluding hydrogens is 252 g/mol. The fraction of sp³-hybridized carbons (Fsp3) is 0.125. The molecule has 0 saturated heterocycles. The molecule has 0 spiro atoms. The maximum atomic E-state index is 12.6. The summed E-state index contributed by atoms with van der Waals surface area (Å²) in [5, 5.41) is 9.95. The molecule has 0 fully saturated rings. The van der Waals surface area contributed by atoms with Crippen molar-refractivity contribution < 1.29 is 5.11 Å². The van der Waals surface area contributed by atoms with Gasteiger partial charge in [0.2, 0.25) is 0 Å². The number of aryl methyl sites for hydroxylation is 2. The van der Waals surface area contributed by atoms with Crippen molar-refractivity contribution in [3.63, 3.8) is 0 Å². The molecule has 100 valence electrons. The zero-order valence-electron chi connectivity index (χ0n) is 11.3. The minimum Gasteiger partial charge on any atom is -0.508 e. The maximum absolute atomic E-state index is 12.6. The highest BCUT2D eigenvalue weighted by atomic mass is 16.3. The van der Waals surface area contributed by atoms with Crippen molar-refractivity contribution in [3.8, 4) is 11.4 Å². The molecule has 0 saturated carbocycles. The quantitative estimate of drug-likeness (QED) is 0.736. The molecule has 0 aliphatic heterocycles. The highest BCUT2D eigenvalue weighted by Gasteiger charge is 2.10. The van der Waals surface area contributed by atoms with Crippen molar-refractivity contribution in [1.82, 2.24) is 9.55 Å². The van der Waals surface area contributed by atoms with Crippen molar-refractivity contribution in [3.05, 3.63) is 64.2 Å². The molecule has 1 heterocycles. The highest BCUT2D eigenvalue weighted by molar-refractivity contribution is 5.81. The lowest BCUT2D eigenvalue weighted by molar-refractivity contribution is 0.475. The molecule has 0 atom stereocenters. The summed E-state index contributed by atoms with van der Waals surface area (Å²) >= 11 is 0. The van der Waals surface area contributed by atoms with Crippen LogP contribution in [0.2, 0.25) is 0 Å². The number of phenols is 1. The Hall–Kier alpha value is -2.62. The first-order valence-electron chi connectivity index (χ1n) is 6.36. The average molecular weight is 266 g/mol. The van der Waals surface area contributed by atoms with Gasteiger partial charge in [-0.25, -0.2) is 4.98 Å². The van der Waals surface area contributed by atoms with E-state index < -0.39 is 0 Å². The summed E-state index contributed by atoms with van der Waals surface area (Å²) in [6.07, 6.45) is 0. The van der Waals surface area contributed by atoms with Crippen LogP contribution in [-0.4, -0.2) is 14.7 Å². The summed E-state index contributed by atoms with van der Waals surface area (Å²) in [4.78, 5) is 17.2. The van der Waals surface area contributed by atoms with E-state index in [0.29, 0.717) is 16.9 Å². The first-order valence-corrected chi connectivity index (χ1v) is 6.36. The van der Waals surface area contributed by atoms with Crippen LogP contribution in [-0.2, 0) is 0 Å². The molecule has 20 heavy (non-hydrogen) atoms. The smallest absolute Gasteiger partial charge is 0.265 e. The van der Waals surface area contributed by atoms with Gasteiger partial charge in [0.05, 0.1) is 16.6 Å². The molecule has 0 bridgehead atoms. The van der Waals surface area contributed by atoms with Crippen molar-refractivity contribution in [1.29, 1.82) is 0 Å². The number of hydrogen-bond donors (Lipinski definition) is 1. The van der Waals surface area contributed by atoms with Gasteiger partial charge in [0.1, 0.15) is 11.6 Å². The van der Waals surface area contributed by atoms with Gasteiger partial charge >= 0.3 is 0 Å². The van der Waals surface area contributed by atoms with Crippen molar-refractivity contribution in [2.75, 3.05) is 0 Å². The number of aromatic hydroxyl groups is 1. The number of fused-ring (bicyclic) bond motifs is 1. The van der Waals surface area contributed by atoms with Gasteiger partial charge in [0, 0.05) is 0 Å². The third-order valence-electron chi connectivity index (χ3n) is 3.38. The Balaban J connectivity index is 2.37. The predicted octanol–water partition coefficient (Wildman–Crippen LogP) is 2.71. The molecule has 0 aliphatic carbocycles. The van der Waals surface area contributed by atoms with Crippen LogP contribution in [0.4, 0.5) is 0 Å². The number of benzene rings is 2. The van der Waals surface area contributed by atoms with E-state index in [-0.39, 0.29) is 11.3 Å². The molecule has 1 aromatic heterocycles. The number of aromatic nitrogens is 2. The van der Waals surface area contributed by atoms with E-state index >= 15 is 0 Å². The minimum absolute atomic E-state index is 0.0955. The Morgan fingerprint density at radius 2 is 1.75 bits per heavy atom. The van der Waals surface area contributed by atoms with Crippen LogP contribution in [0.1, 0.15) is 11.4 Å². The monoisotopic (exact) mass is 266 g/mol. The van der Waals surface area contributed by atoms with Crippen LogP contribution in [0.5, 0.6) is 5.75 Å². The fourth-order valence-corrected chi connectivity index (χ4v) is 2.36. The van der Waals surface area contributed by atoms with Gasteiger partial charge in [-0.1, -0.05) is 12.1 Å². The Morgan fingerprint density at radius 3 is 2.45 bits per heavy atom. The van der Waals surface area contributed by atoms with Crippen LogP contribution in [0.25, 0.3) is 16.6 Å². The average Bonchev–Trinajstić information content (AvgIpc) is 2.42. The van der Waals surface area contributed by atoms with E-state index in [0.717, 1.165) is 11.1 Å². The van der Waals surface area contributed by atoms with Crippen LogP contribution in [0.15, 0.2) is 47.3 Å². The molecule has 1 N–H and O–H groups in total. The first kappa shape index (κ1) is 12.4. The zero-order chi connectivity index (χ0) is 14.3. The molecule has 4 nitrogen and oxygen atoms in total. The Morgan fingerprint density at radius 1 is 1.05 bits per heavy atom.